The van der Waals surface area contributed by atoms with Gasteiger partial charge in [0.15, 0.2) is 0 Å². The molecule has 0 amide bonds. The van der Waals surface area contributed by atoms with E-state index < -0.39 is 0 Å². The van der Waals surface area contributed by atoms with Gasteiger partial charge in [0.25, 0.3) is 0 Å². The summed E-state index contributed by atoms with van der Waals surface area (Å²) >= 11 is 0. The van der Waals surface area contributed by atoms with Crippen molar-refractivity contribution in [2.45, 2.75) is 85.0 Å². The predicted molar refractivity (Wildman–Crippen MR) is 99.6 cm³/mol. The van der Waals surface area contributed by atoms with E-state index in [4.69, 9.17) is 0 Å². The fraction of sp³-hybridized carbons (Fsp3) is 0.739. The van der Waals surface area contributed by atoms with Crippen molar-refractivity contribution >= 4 is 0 Å². The Morgan fingerprint density at radius 2 is 1.25 bits per heavy atom. The second-order valence-corrected chi connectivity index (χ2v) is 8.81. The van der Waals surface area contributed by atoms with E-state index in [9.17, 15) is 0 Å². The van der Waals surface area contributed by atoms with Crippen molar-refractivity contribution < 1.29 is 32.7 Å². The van der Waals surface area contributed by atoms with Gasteiger partial charge in [-0.05, 0) is 49.4 Å². The molecule has 0 N–H and O–H groups in total. The first-order valence-electron chi connectivity index (χ1n) is 10.1. The molecule has 131 valence electrons. The summed E-state index contributed by atoms with van der Waals surface area (Å²) in [6, 6.07) is 8.10. The average Bonchev–Trinajstić information content (AvgIpc) is 2.50. The van der Waals surface area contributed by atoms with Gasteiger partial charge >= 0.3 is 0 Å². The Morgan fingerprint density at radius 1 is 0.792 bits per heavy atom. The van der Waals surface area contributed by atoms with Crippen molar-refractivity contribution in [3.8, 4) is 0 Å². The zero-order valence-corrected chi connectivity index (χ0v) is 19.0. The normalized spacial score (nSPS) is 30.6. The third kappa shape index (κ3) is 6.24. The van der Waals surface area contributed by atoms with Crippen molar-refractivity contribution in [1.29, 1.82) is 0 Å². The van der Waals surface area contributed by atoms with E-state index in [1.54, 1.807) is 5.56 Å². The van der Waals surface area contributed by atoms with Gasteiger partial charge in [0.1, 0.15) is 0 Å². The van der Waals surface area contributed by atoms with Crippen LogP contribution in [0.4, 0.5) is 0 Å². The maximum absolute atomic E-state index is 3.40. The van der Waals surface area contributed by atoms with Gasteiger partial charge in [-0.3, -0.25) is 0 Å². The summed E-state index contributed by atoms with van der Waals surface area (Å²) in [5.74, 6) is 4.02. The van der Waals surface area contributed by atoms with Gasteiger partial charge in [0.2, 0.25) is 0 Å². The molecular weight excluding hydrogens is 365 g/mol. The number of aryl methyl sites for hydroxylation is 2. The molecule has 2 aliphatic carbocycles. The van der Waals surface area contributed by atoms with Crippen molar-refractivity contribution in [2.75, 3.05) is 0 Å². The number of benzene rings is 1. The van der Waals surface area contributed by atoms with Crippen molar-refractivity contribution in [2.24, 2.45) is 23.7 Å². The van der Waals surface area contributed by atoms with E-state index in [0.717, 1.165) is 23.7 Å². The van der Waals surface area contributed by atoms with Crippen LogP contribution in [-0.2, 0) is 39.1 Å². The molecular formula is C23H35Y-. The number of hydrogen-bond acceptors (Lipinski definition) is 0. The Labute approximate surface area is 175 Å². The van der Waals surface area contributed by atoms with E-state index in [0.29, 0.717) is 0 Å². The zero-order chi connectivity index (χ0) is 16.2. The minimum Gasteiger partial charge on any atom is -0.177 e. The van der Waals surface area contributed by atoms with Crippen LogP contribution in [0.1, 0.15) is 81.4 Å². The molecule has 0 spiro atoms. The van der Waals surface area contributed by atoms with Crippen LogP contribution in [0.5, 0.6) is 0 Å². The van der Waals surface area contributed by atoms with Gasteiger partial charge in [0, 0.05) is 32.7 Å². The molecule has 0 aliphatic heterocycles. The van der Waals surface area contributed by atoms with Crippen molar-refractivity contribution in [3.63, 3.8) is 0 Å². The van der Waals surface area contributed by atoms with E-state index in [1.165, 1.54) is 75.3 Å². The molecule has 0 aromatic heterocycles. The molecule has 0 nitrogen and oxygen atoms in total. The molecule has 1 heteroatoms. The van der Waals surface area contributed by atoms with Crippen LogP contribution in [0.2, 0.25) is 0 Å². The minimum atomic E-state index is 0. The van der Waals surface area contributed by atoms with E-state index in [-0.39, 0.29) is 32.7 Å². The molecule has 1 aromatic rings. The first-order valence-corrected chi connectivity index (χ1v) is 10.1. The average molecular weight is 400 g/mol. The fourth-order valence-corrected chi connectivity index (χ4v) is 5.14. The van der Waals surface area contributed by atoms with E-state index >= 15 is 0 Å². The molecule has 3 rings (SSSR count). The third-order valence-electron chi connectivity index (χ3n) is 6.49. The van der Waals surface area contributed by atoms with Crippen LogP contribution in [0, 0.1) is 43.6 Å². The maximum atomic E-state index is 3.40. The summed E-state index contributed by atoms with van der Waals surface area (Å²) in [4.78, 5) is 0. The standard InChI is InChI=1S/C23H35.Y/c1-17-4-6-20(7-5-17)15-21-8-10-22(11-9-21)16-23-13-18(2)12-19(3)14-23;/h13-14,17,20-22H,4-11,15-16H2,1-3H3;/q-1;. The SMILES string of the molecule is Cc1[c-]c(C)cc(CC2CCC(CC3CCC(C)CC3)CC2)c1.[Y]. The minimum absolute atomic E-state index is 0. The predicted octanol–water partition coefficient (Wildman–Crippen LogP) is 6.67. The molecule has 0 saturated heterocycles. The Hall–Kier alpha value is 0.324. The summed E-state index contributed by atoms with van der Waals surface area (Å²) in [5, 5.41) is 0. The van der Waals surface area contributed by atoms with Gasteiger partial charge in [0.05, 0.1) is 0 Å². The number of hydrogen-bond donors (Lipinski definition) is 0. The second kappa shape index (κ2) is 9.87. The van der Waals surface area contributed by atoms with Crippen LogP contribution in [0.25, 0.3) is 0 Å². The smallest absolute Gasteiger partial charge is 0 e. The Balaban J connectivity index is 0.00000208. The van der Waals surface area contributed by atoms with Gasteiger partial charge in [-0.15, -0.1) is 0 Å². The first kappa shape index (κ1) is 20.6. The summed E-state index contributed by atoms with van der Waals surface area (Å²) in [6.07, 6.45) is 14.8. The van der Waals surface area contributed by atoms with Crippen LogP contribution < -0.4 is 0 Å². The zero-order valence-electron chi connectivity index (χ0n) is 16.1. The molecule has 1 aromatic carbocycles. The van der Waals surface area contributed by atoms with E-state index in [1.807, 2.05) is 0 Å². The largest absolute Gasteiger partial charge is 0.177 e. The Kier molecular flexibility index (Phi) is 8.48. The second-order valence-electron chi connectivity index (χ2n) is 8.81. The molecule has 24 heavy (non-hydrogen) atoms. The van der Waals surface area contributed by atoms with Gasteiger partial charge in [-0.2, -0.15) is 34.9 Å². The fourth-order valence-electron chi connectivity index (χ4n) is 5.14. The topological polar surface area (TPSA) is 0 Å². The van der Waals surface area contributed by atoms with Crippen molar-refractivity contribution in [1.82, 2.24) is 0 Å². The van der Waals surface area contributed by atoms with Crippen LogP contribution in [0.3, 0.4) is 0 Å². The molecule has 0 bridgehead atoms. The third-order valence-corrected chi connectivity index (χ3v) is 6.49. The van der Waals surface area contributed by atoms with Crippen LogP contribution in [-0.4, -0.2) is 0 Å². The summed E-state index contributed by atoms with van der Waals surface area (Å²) in [7, 11) is 0. The molecule has 2 aliphatic rings. The van der Waals surface area contributed by atoms with Gasteiger partial charge < -0.3 is 0 Å². The molecule has 1 radical (unpaired) electrons. The quantitative estimate of drug-likeness (QED) is 0.496. The Bertz CT molecular complexity index is 471. The Morgan fingerprint density at radius 3 is 1.79 bits per heavy atom. The molecule has 2 fully saturated rings. The van der Waals surface area contributed by atoms with Crippen LogP contribution in [0.15, 0.2) is 12.1 Å². The summed E-state index contributed by atoms with van der Waals surface area (Å²) in [5.41, 5.74) is 4.16. The number of rotatable bonds is 4. The monoisotopic (exact) mass is 400 g/mol. The molecule has 0 heterocycles. The molecule has 2 saturated carbocycles. The van der Waals surface area contributed by atoms with Gasteiger partial charge in [-0.25, -0.2) is 0 Å². The molecule has 0 unspecified atom stereocenters. The molecule has 0 atom stereocenters. The maximum Gasteiger partial charge on any atom is 0 e. The first-order chi connectivity index (χ1) is 11.1. The van der Waals surface area contributed by atoms with E-state index in [2.05, 4.69) is 39.0 Å². The van der Waals surface area contributed by atoms with Crippen LogP contribution >= 0.6 is 0 Å². The van der Waals surface area contributed by atoms with Gasteiger partial charge in [-0.1, -0.05) is 59.3 Å². The summed E-state index contributed by atoms with van der Waals surface area (Å²) < 4.78 is 0. The van der Waals surface area contributed by atoms with Crippen molar-refractivity contribution in [3.05, 3.63) is 34.9 Å². The summed E-state index contributed by atoms with van der Waals surface area (Å²) in [6.45, 7) is 6.79.